The third kappa shape index (κ3) is 4.73. The van der Waals surface area contributed by atoms with Crippen molar-refractivity contribution in [2.75, 3.05) is 26.2 Å². The van der Waals surface area contributed by atoms with Crippen molar-refractivity contribution >= 4 is 6.03 Å². The van der Waals surface area contributed by atoms with Gasteiger partial charge in [0.2, 0.25) is 0 Å². The molecule has 0 aromatic carbocycles. The summed E-state index contributed by atoms with van der Waals surface area (Å²) < 4.78 is 1.82. The second-order valence-corrected chi connectivity index (χ2v) is 6.19. The fraction of sp³-hybridized carbons (Fsp3) is 0.750. The molecule has 1 aliphatic rings. The smallest absolute Gasteiger partial charge is 0.315 e. The Morgan fingerprint density at radius 2 is 2.09 bits per heavy atom. The Bertz CT molecular complexity index is 479. The van der Waals surface area contributed by atoms with Gasteiger partial charge in [-0.05, 0) is 52.7 Å². The van der Waals surface area contributed by atoms with Crippen LogP contribution >= 0.6 is 0 Å². The lowest BCUT2D eigenvalue weighted by atomic mass is 10.1. The molecule has 2 heterocycles. The summed E-state index contributed by atoms with van der Waals surface area (Å²) >= 11 is 0. The number of hydrogen-bond donors (Lipinski definition) is 2. The molecule has 1 aliphatic heterocycles. The number of hydrogen-bond acceptors (Lipinski definition) is 3. The molecule has 0 bridgehead atoms. The average Bonchev–Trinajstić information content (AvgIpc) is 2.84. The molecule has 1 saturated heterocycles. The highest BCUT2D eigenvalue weighted by atomic mass is 16.2. The standard InChI is InChI=1S/C16H29N5O/c1-13(15-12-18-20(3)14(15)2)19-16(22)17-8-7-11-21-9-5-4-6-10-21/h12-13H,4-11H2,1-3H3,(H2,17,19,22)/t13-/m1/s1. The minimum Gasteiger partial charge on any atom is -0.338 e. The van der Waals surface area contributed by atoms with Crippen molar-refractivity contribution in [1.82, 2.24) is 25.3 Å². The van der Waals surface area contributed by atoms with Crippen LogP contribution in [0.2, 0.25) is 0 Å². The zero-order valence-corrected chi connectivity index (χ0v) is 14.1. The summed E-state index contributed by atoms with van der Waals surface area (Å²) in [4.78, 5) is 14.4. The molecular formula is C16H29N5O. The van der Waals surface area contributed by atoms with Crippen molar-refractivity contribution in [3.05, 3.63) is 17.5 Å². The Morgan fingerprint density at radius 1 is 1.36 bits per heavy atom. The van der Waals surface area contributed by atoms with Crippen LogP contribution < -0.4 is 10.6 Å². The maximum absolute atomic E-state index is 11.9. The summed E-state index contributed by atoms with van der Waals surface area (Å²) in [7, 11) is 1.91. The highest BCUT2D eigenvalue weighted by molar-refractivity contribution is 5.74. The fourth-order valence-corrected chi connectivity index (χ4v) is 2.95. The van der Waals surface area contributed by atoms with Crippen LogP contribution in [0.15, 0.2) is 6.20 Å². The number of rotatable bonds is 6. The molecule has 0 saturated carbocycles. The number of carbonyl (C=O) groups is 1. The second-order valence-electron chi connectivity index (χ2n) is 6.19. The van der Waals surface area contributed by atoms with Gasteiger partial charge in [-0.25, -0.2) is 4.79 Å². The van der Waals surface area contributed by atoms with Gasteiger partial charge in [-0.3, -0.25) is 4.68 Å². The van der Waals surface area contributed by atoms with E-state index in [-0.39, 0.29) is 12.1 Å². The summed E-state index contributed by atoms with van der Waals surface area (Å²) in [6.07, 6.45) is 6.82. The molecule has 2 N–H and O–H groups in total. The van der Waals surface area contributed by atoms with E-state index in [4.69, 9.17) is 0 Å². The molecule has 0 unspecified atom stereocenters. The number of piperidine rings is 1. The SMILES string of the molecule is Cc1c([C@@H](C)NC(=O)NCCCN2CCCCC2)cnn1C. The van der Waals surface area contributed by atoms with E-state index in [2.05, 4.69) is 20.6 Å². The van der Waals surface area contributed by atoms with E-state index >= 15 is 0 Å². The molecule has 2 rings (SSSR count). The van der Waals surface area contributed by atoms with Gasteiger partial charge in [0, 0.05) is 24.8 Å². The van der Waals surface area contributed by atoms with Gasteiger partial charge in [0.05, 0.1) is 12.2 Å². The Morgan fingerprint density at radius 3 is 2.73 bits per heavy atom. The minimum atomic E-state index is -0.102. The quantitative estimate of drug-likeness (QED) is 0.790. The number of nitrogens with one attached hydrogen (secondary N) is 2. The maximum atomic E-state index is 11.9. The lowest BCUT2D eigenvalue weighted by Crippen LogP contribution is -2.39. The predicted octanol–water partition coefficient (Wildman–Crippen LogP) is 1.96. The molecule has 0 radical (unpaired) electrons. The van der Waals surface area contributed by atoms with Crippen LogP contribution in [0.3, 0.4) is 0 Å². The average molecular weight is 307 g/mol. The molecule has 1 aromatic rings. The molecule has 1 aromatic heterocycles. The first-order chi connectivity index (χ1) is 10.6. The molecule has 6 heteroatoms. The van der Waals surface area contributed by atoms with Crippen LogP contribution in [0.1, 0.15) is 49.9 Å². The normalized spacial score (nSPS) is 17.2. The van der Waals surface area contributed by atoms with Gasteiger partial charge < -0.3 is 15.5 Å². The molecular weight excluding hydrogens is 278 g/mol. The third-order valence-electron chi connectivity index (χ3n) is 4.47. The highest BCUT2D eigenvalue weighted by Crippen LogP contribution is 2.15. The van der Waals surface area contributed by atoms with Gasteiger partial charge >= 0.3 is 6.03 Å². The third-order valence-corrected chi connectivity index (χ3v) is 4.47. The first kappa shape index (κ1) is 16.8. The summed E-state index contributed by atoms with van der Waals surface area (Å²) in [5.74, 6) is 0. The predicted molar refractivity (Wildman–Crippen MR) is 87.8 cm³/mol. The highest BCUT2D eigenvalue weighted by Gasteiger charge is 2.14. The Balaban J connectivity index is 1.64. The van der Waals surface area contributed by atoms with E-state index in [0.717, 1.165) is 30.8 Å². The van der Waals surface area contributed by atoms with Gasteiger partial charge in [-0.1, -0.05) is 6.42 Å². The van der Waals surface area contributed by atoms with Crippen molar-refractivity contribution < 1.29 is 4.79 Å². The first-order valence-corrected chi connectivity index (χ1v) is 8.33. The summed E-state index contributed by atoms with van der Waals surface area (Å²) in [6, 6.07) is -0.134. The summed E-state index contributed by atoms with van der Waals surface area (Å²) in [5.41, 5.74) is 2.14. The van der Waals surface area contributed by atoms with Crippen LogP contribution in [0.25, 0.3) is 0 Å². The van der Waals surface area contributed by atoms with Crippen molar-refractivity contribution in [3.63, 3.8) is 0 Å². The van der Waals surface area contributed by atoms with Crippen molar-refractivity contribution in [1.29, 1.82) is 0 Å². The molecule has 1 atom stereocenters. The van der Waals surface area contributed by atoms with Crippen LogP contribution in [-0.2, 0) is 7.05 Å². The maximum Gasteiger partial charge on any atom is 0.315 e. The van der Waals surface area contributed by atoms with Crippen LogP contribution in [0.5, 0.6) is 0 Å². The van der Waals surface area contributed by atoms with Crippen LogP contribution in [0.4, 0.5) is 4.79 Å². The molecule has 0 spiro atoms. The number of carbonyl (C=O) groups excluding carboxylic acids is 1. The number of aromatic nitrogens is 2. The van der Waals surface area contributed by atoms with Gasteiger partial charge in [0.25, 0.3) is 0 Å². The van der Waals surface area contributed by atoms with E-state index in [0.29, 0.717) is 0 Å². The largest absolute Gasteiger partial charge is 0.338 e. The lowest BCUT2D eigenvalue weighted by Gasteiger charge is -2.26. The number of aryl methyl sites for hydroxylation is 1. The van der Waals surface area contributed by atoms with Gasteiger partial charge in [-0.2, -0.15) is 5.10 Å². The first-order valence-electron chi connectivity index (χ1n) is 8.33. The summed E-state index contributed by atoms with van der Waals surface area (Å²) in [5, 5.41) is 10.1. The monoisotopic (exact) mass is 307 g/mol. The van der Waals surface area contributed by atoms with Gasteiger partial charge in [0.1, 0.15) is 0 Å². The van der Waals surface area contributed by atoms with Gasteiger partial charge in [-0.15, -0.1) is 0 Å². The van der Waals surface area contributed by atoms with Crippen molar-refractivity contribution in [3.8, 4) is 0 Å². The van der Waals surface area contributed by atoms with Gasteiger partial charge in [0.15, 0.2) is 0 Å². The molecule has 1 fully saturated rings. The van der Waals surface area contributed by atoms with Crippen molar-refractivity contribution in [2.45, 2.75) is 45.6 Å². The fourth-order valence-electron chi connectivity index (χ4n) is 2.95. The Labute approximate surface area is 133 Å². The molecule has 22 heavy (non-hydrogen) atoms. The molecule has 6 nitrogen and oxygen atoms in total. The summed E-state index contributed by atoms with van der Waals surface area (Å²) in [6.45, 7) is 8.22. The topological polar surface area (TPSA) is 62.2 Å². The lowest BCUT2D eigenvalue weighted by molar-refractivity contribution is 0.221. The van der Waals surface area contributed by atoms with E-state index in [9.17, 15) is 4.79 Å². The Hall–Kier alpha value is -1.56. The minimum absolute atomic E-state index is 0.0317. The van der Waals surface area contributed by atoms with Crippen LogP contribution in [0, 0.1) is 6.92 Å². The van der Waals surface area contributed by atoms with Crippen molar-refractivity contribution in [2.24, 2.45) is 7.05 Å². The number of urea groups is 1. The number of nitrogens with zero attached hydrogens (tertiary/aromatic N) is 3. The molecule has 0 aliphatic carbocycles. The van der Waals surface area contributed by atoms with E-state index in [1.165, 1.54) is 32.4 Å². The zero-order chi connectivity index (χ0) is 15.9. The zero-order valence-electron chi connectivity index (χ0n) is 14.1. The van der Waals surface area contributed by atoms with Crippen LogP contribution in [-0.4, -0.2) is 46.9 Å². The van der Waals surface area contributed by atoms with E-state index < -0.39 is 0 Å². The molecule has 2 amide bonds. The Kier molecular flexibility index (Phi) is 6.24. The second kappa shape index (κ2) is 8.17. The number of amides is 2. The van der Waals surface area contributed by atoms with E-state index in [1.54, 1.807) is 0 Å². The number of likely N-dealkylation sites (tertiary alicyclic amines) is 1. The molecule has 124 valence electrons. The van der Waals surface area contributed by atoms with E-state index in [1.807, 2.05) is 31.8 Å².